The van der Waals surface area contributed by atoms with E-state index in [-0.39, 0.29) is 11.7 Å². The SMILES string of the molecule is C[C@@H]1CCCC[C@@H]1NC(=O)CCCn1c(=O)oc2ccccc21. The van der Waals surface area contributed by atoms with Gasteiger partial charge in [0.05, 0.1) is 5.52 Å². The van der Waals surface area contributed by atoms with Crippen LogP contribution in [0.15, 0.2) is 33.5 Å². The van der Waals surface area contributed by atoms with E-state index in [1.165, 1.54) is 19.3 Å². The van der Waals surface area contributed by atoms with E-state index in [2.05, 4.69) is 12.2 Å². The van der Waals surface area contributed by atoms with Crippen molar-refractivity contribution in [3.05, 3.63) is 34.8 Å². The number of amides is 1. The van der Waals surface area contributed by atoms with Crippen LogP contribution >= 0.6 is 0 Å². The minimum atomic E-state index is -0.354. The van der Waals surface area contributed by atoms with Gasteiger partial charge >= 0.3 is 5.76 Å². The van der Waals surface area contributed by atoms with Crippen LogP contribution in [-0.2, 0) is 11.3 Å². The van der Waals surface area contributed by atoms with Crippen LogP contribution in [0.2, 0.25) is 0 Å². The predicted octanol–water partition coefficient (Wildman–Crippen LogP) is 3.07. The molecule has 0 aliphatic heterocycles. The molecule has 0 bridgehead atoms. The van der Waals surface area contributed by atoms with Crippen molar-refractivity contribution in [3.63, 3.8) is 0 Å². The summed E-state index contributed by atoms with van der Waals surface area (Å²) in [5.74, 6) is 0.297. The fraction of sp³-hybridized carbons (Fsp3) is 0.556. The quantitative estimate of drug-likeness (QED) is 0.922. The first-order valence-corrected chi connectivity index (χ1v) is 8.53. The van der Waals surface area contributed by atoms with Gasteiger partial charge in [-0.05, 0) is 37.3 Å². The predicted molar refractivity (Wildman–Crippen MR) is 89.3 cm³/mol. The van der Waals surface area contributed by atoms with Crippen LogP contribution in [0, 0.1) is 5.92 Å². The van der Waals surface area contributed by atoms with Crippen LogP contribution < -0.4 is 11.1 Å². The van der Waals surface area contributed by atoms with E-state index in [0.717, 1.165) is 11.9 Å². The van der Waals surface area contributed by atoms with Gasteiger partial charge in [0.25, 0.3) is 0 Å². The third kappa shape index (κ3) is 3.66. The molecule has 1 heterocycles. The molecule has 23 heavy (non-hydrogen) atoms. The zero-order valence-corrected chi connectivity index (χ0v) is 13.6. The molecular weight excluding hydrogens is 292 g/mol. The summed E-state index contributed by atoms with van der Waals surface area (Å²) in [4.78, 5) is 24.0. The molecule has 2 aromatic rings. The van der Waals surface area contributed by atoms with Crippen molar-refractivity contribution < 1.29 is 9.21 Å². The third-order valence-corrected chi connectivity index (χ3v) is 4.82. The Hall–Kier alpha value is -2.04. The molecule has 1 aromatic carbocycles. The number of para-hydroxylation sites is 2. The molecule has 2 atom stereocenters. The number of hydrogen-bond acceptors (Lipinski definition) is 3. The molecule has 1 aliphatic carbocycles. The minimum absolute atomic E-state index is 0.0876. The number of nitrogens with zero attached hydrogens (tertiary/aromatic N) is 1. The van der Waals surface area contributed by atoms with Gasteiger partial charge in [-0.2, -0.15) is 0 Å². The molecule has 1 aliphatic rings. The van der Waals surface area contributed by atoms with Gasteiger partial charge in [0.15, 0.2) is 5.58 Å². The second-order valence-corrected chi connectivity index (χ2v) is 6.53. The zero-order valence-electron chi connectivity index (χ0n) is 13.6. The number of nitrogens with one attached hydrogen (secondary N) is 1. The summed E-state index contributed by atoms with van der Waals surface area (Å²) in [6, 6.07) is 7.68. The van der Waals surface area contributed by atoms with Crippen molar-refractivity contribution in [1.82, 2.24) is 9.88 Å². The van der Waals surface area contributed by atoms with Crippen LogP contribution in [0.4, 0.5) is 0 Å². The van der Waals surface area contributed by atoms with Gasteiger partial charge in [0.2, 0.25) is 5.91 Å². The number of carbonyl (C=O) groups excluding carboxylic acids is 1. The minimum Gasteiger partial charge on any atom is -0.408 e. The van der Waals surface area contributed by atoms with Gasteiger partial charge in [0, 0.05) is 19.0 Å². The molecular formula is C18H24N2O3. The first-order chi connectivity index (χ1) is 11.1. The maximum Gasteiger partial charge on any atom is 0.419 e. The molecule has 1 N–H and O–H groups in total. The number of oxazole rings is 1. The number of carbonyl (C=O) groups is 1. The normalized spacial score (nSPS) is 21.4. The Morgan fingerprint density at radius 3 is 2.91 bits per heavy atom. The molecule has 0 spiro atoms. The second-order valence-electron chi connectivity index (χ2n) is 6.53. The molecule has 1 aromatic heterocycles. The highest BCUT2D eigenvalue weighted by Gasteiger charge is 2.22. The average Bonchev–Trinajstić information content (AvgIpc) is 2.86. The molecule has 1 saturated carbocycles. The number of hydrogen-bond donors (Lipinski definition) is 1. The highest BCUT2D eigenvalue weighted by atomic mass is 16.4. The summed E-state index contributed by atoms with van der Waals surface area (Å²) in [6.07, 6.45) is 5.82. The summed E-state index contributed by atoms with van der Waals surface area (Å²) >= 11 is 0. The van der Waals surface area contributed by atoms with Gasteiger partial charge < -0.3 is 9.73 Å². The lowest BCUT2D eigenvalue weighted by molar-refractivity contribution is -0.122. The van der Waals surface area contributed by atoms with E-state index in [1.807, 2.05) is 18.2 Å². The Labute approximate surface area is 135 Å². The lowest BCUT2D eigenvalue weighted by Crippen LogP contribution is -2.41. The lowest BCUT2D eigenvalue weighted by atomic mass is 9.86. The van der Waals surface area contributed by atoms with Crippen LogP contribution in [0.3, 0.4) is 0 Å². The fourth-order valence-corrected chi connectivity index (χ4v) is 3.43. The van der Waals surface area contributed by atoms with Crippen molar-refractivity contribution >= 4 is 17.0 Å². The number of benzene rings is 1. The van der Waals surface area contributed by atoms with Crippen LogP contribution in [0.5, 0.6) is 0 Å². The van der Waals surface area contributed by atoms with Gasteiger partial charge in [-0.3, -0.25) is 9.36 Å². The summed E-state index contributed by atoms with van der Waals surface area (Å²) in [6.45, 7) is 2.71. The fourth-order valence-electron chi connectivity index (χ4n) is 3.43. The highest BCUT2D eigenvalue weighted by Crippen LogP contribution is 2.23. The van der Waals surface area contributed by atoms with E-state index < -0.39 is 0 Å². The average molecular weight is 316 g/mol. The summed E-state index contributed by atoms with van der Waals surface area (Å²) in [7, 11) is 0. The van der Waals surface area contributed by atoms with E-state index in [0.29, 0.717) is 36.9 Å². The molecule has 1 amide bonds. The number of aromatic nitrogens is 1. The van der Waals surface area contributed by atoms with Crippen molar-refractivity contribution in [2.45, 2.75) is 58.0 Å². The first-order valence-electron chi connectivity index (χ1n) is 8.53. The van der Waals surface area contributed by atoms with Crippen molar-refractivity contribution in [1.29, 1.82) is 0 Å². The van der Waals surface area contributed by atoms with Gasteiger partial charge in [-0.25, -0.2) is 4.79 Å². The Bertz CT molecular complexity index is 731. The maximum absolute atomic E-state index is 12.1. The molecule has 0 saturated heterocycles. The van der Waals surface area contributed by atoms with E-state index in [4.69, 9.17) is 4.42 Å². The summed E-state index contributed by atoms with van der Waals surface area (Å²) in [5, 5.41) is 3.15. The zero-order chi connectivity index (χ0) is 16.2. The van der Waals surface area contributed by atoms with Crippen LogP contribution in [0.25, 0.3) is 11.1 Å². The van der Waals surface area contributed by atoms with Crippen molar-refractivity contribution in [2.75, 3.05) is 0 Å². The Kier molecular flexibility index (Phi) is 4.84. The number of fused-ring (bicyclic) bond motifs is 1. The molecule has 5 heteroatoms. The number of aryl methyl sites for hydroxylation is 1. The maximum atomic E-state index is 12.1. The number of rotatable bonds is 5. The molecule has 5 nitrogen and oxygen atoms in total. The molecule has 0 radical (unpaired) electrons. The first kappa shape index (κ1) is 15.8. The highest BCUT2D eigenvalue weighted by molar-refractivity contribution is 5.76. The van der Waals surface area contributed by atoms with Crippen molar-refractivity contribution in [2.24, 2.45) is 5.92 Å². The van der Waals surface area contributed by atoms with Crippen LogP contribution in [-0.4, -0.2) is 16.5 Å². The molecule has 0 unspecified atom stereocenters. The van der Waals surface area contributed by atoms with E-state index in [9.17, 15) is 9.59 Å². The third-order valence-electron chi connectivity index (χ3n) is 4.82. The molecule has 1 fully saturated rings. The Balaban J connectivity index is 1.53. The molecule has 124 valence electrons. The van der Waals surface area contributed by atoms with Crippen molar-refractivity contribution in [3.8, 4) is 0 Å². The van der Waals surface area contributed by atoms with E-state index >= 15 is 0 Å². The Morgan fingerprint density at radius 2 is 2.09 bits per heavy atom. The largest absolute Gasteiger partial charge is 0.419 e. The Morgan fingerprint density at radius 1 is 1.30 bits per heavy atom. The topological polar surface area (TPSA) is 64.2 Å². The summed E-state index contributed by atoms with van der Waals surface area (Å²) in [5.41, 5.74) is 1.39. The smallest absolute Gasteiger partial charge is 0.408 e. The standard InChI is InChI=1S/C18H24N2O3/c1-13-7-2-3-8-14(13)19-17(21)11-6-12-20-15-9-4-5-10-16(15)23-18(20)22/h4-5,9-10,13-14H,2-3,6-8,11-12H2,1H3,(H,19,21)/t13-,14+/m1/s1. The van der Waals surface area contributed by atoms with Gasteiger partial charge in [-0.1, -0.05) is 31.9 Å². The van der Waals surface area contributed by atoms with Gasteiger partial charge in [0.1, 0.15) is 0 Å². The summed E-state index contributed by atoms with van der Waals surface area (Å²) < 4.78 is 6.80. The lowest BCUT2D eigenvalue weighted by Gasteiger charge is -2.29. The molecule has 3 rings (SSSR count). The second kappa shape index (κ2) is 7.02. The van der Waals surface area contributed by atoms with Gasteiger partial charge in [-0.15, -0.1) is 0 Å². The van der Waals surface area contributed by atoms with E-state index in [1.54, 1.807) is 10.6 Å². The monoisotopic (exact) mass is 316 g/mol. The van der Waals surface area contributed by atoms with Crippen LogP contribution in [0.1, 0.15) is 45.4 Å².